The van der Waals surface area contributed by atoms with E-state index in [0.29, 0.717) is 37.3 Å². The van der Waals surface area contributed by atoms with Crippen LogP contribution in [0, 0.1) is 17.8 Å². The van der Waals surface area contributed by atoms with Crippen LogP contribution in [0.2, 0.25) is 0 Å². The van der Waals surface area contributed by atoms with Crippen LogP contribution >= 0.6 is 11.8 Å². The highest BCUT2D eigenvalue weighted by Gasteiger charge is 2.41. The number of likely N-dealkylation sites (tertiary alicyclic amines) is 1. The molecular weight excluding hydrogens is 448 g/mol. The number of carbonyl (C=O) groups is 6. The van der Waals surface area contributed by atoms with Crippen molar-refractivity contribution >= 4 is 47.1 Å². The first-order chi connectivity index (χ1) is 15.7. The molecule has 33 heavy (non-hydrogen) atoms. The van der Waals surface area contributed by atoms with Gasteiger partial charge in [-0.05, 0) is 49.5 Å². The zero-order valence-corrected chi connectivity index (χ0v) is 19.8. The van der Waals surface area contributed by atoms with E-state index >= 15 is 0 Å². The Kier molecular flexibility index (Phi) is 8.45. The second-order valence-electron chi connectivity index (χ2n) is 8.90. The van der Waals surface area contributed by atoms with Crippen molar-refractivity contribution in [3.63, 3.8) is 0 Å². The largest absolute Gasteiger partial charge is 0.336 e. The highest BCUT2D eigenvalue weighted by molar-refractivity contribution is 8.03. The minimum Gasteiger partial charge on any atom is -0.330 e. The van der Waals surface area contributed by atoms with Crippen molar-refractivity contribution in [1.29, 1.82) is 0 Å². The second kappa shape index (κ2) is 11.1. The number of allylic oxidation sites excluding steroid dienone is 1. The van der Waals surface area contributed by atoms with Crippen molar-refractivity contribution < 1.29 is 33.6 Å². The van der Waals surface area contributed by atoms with Crippen LogP contribution in [0.25, 0.3) is 0 Å². The lowest BCUT2D eigenvalue weighted by molar-refractivity contribution is -0.201. The fourth-order valence-electron chi connectivity index (χ4n) is 4.18. The summed E-state index contributed by atoms with van der Waals surface area (Å²) in [5.41, 5.74) is 0. The highest BCUT2D eigenvalue weighted by Crippen LogP contribution is 2.33. The van der Waals surface area contributed by atoms with E-state index in [1.54, 1.807) is 5.41 Å². The molecule has 1 saturated carbocycles. The molecule has 0 aromatic heterocycles. The Labute approximate surface area is 197 Å². The van der Waals surface area contributed by atoms with Crippen LogP contribution in [-0.4, -0.2) is 57.1 Å². The maximum Gasteiger partial charge on any atom is 0.336 e. The minimum absolute atomic E-state index is 0.00683. The molecule has 10 heteroatoms. The number of nitrogens with zero attached hydrogens (tertiary/aromatic N) is 2. The van der Waals surface area contributed by atoms with Crippen LogP contribution in [0.15, 0.2) is 11.5 Å². The molecule has 4 amide bonds. The molecule has 3 aliphatic rings. The Balaban J connectivity index is 1.44. The molecule has 2 heterocycles. The van der Waals surface area contributed by atoms with Gasteiger partial charge in [0, 0.05) is 31.7 Å². The van der Waals surface area contributed by atoms with Crippen LogP contribution in [0.3, 0.4) is 0 Å². The number of rotatable bonds is 9. The standard InChI is InChI=1S/C23H30N2O7S/c1-3-14(2)17(26)10-11-33-18-12-21(29)24(22(18)30)13-15-4-6-16(7-5-15)23(31)32-25-19(27)8-9-20(25)28/h10-11,14-16,18H,3-9,12-13H2,1-2H3/b11-10+. The number of thioether (sulfide) groups is 1. The molecule has 0 bridgehead atoms. The highest BCUT2D eigenvalue weighted by atomic mass is 32.2. The van der Waals surface area contributed by atoms with Gasteiger partial charge >= 0.3 is 5.97 Å². The van der Waals surface area contributed by atoms with Crippen LogP contribution in [0.1, 0.15) is 65.2 Å². The van der Waals surface area contributed by atoms with Gasteiger partial charge in [-0.25, -0.2) is 4.79 Å². The van der Waals surface area contributed by atoms with Gasteiger partial charge in [0.15, 0.2) is 5.78 Å². The Morgan fingerprint density at radius 3 is 2.30 bits per heavy atom. The van der Waals surface area contributed by atoms with Gasteiger partial charge in [-0.15, -0.1) is 16.8 Å². The minimum atomic E-state index is -0.583. The van der Waals surface area contributed by atoms with Crippen molar-refractivity contribution in [2.45, 2.75) is 70.5 Å². The van der Waals surface area contributed by atoms with Gasteiger partial charge in [-0.1, -0.05) is 13.8 Å². The predicted molar refractivity (Wildman–Crippen MR) is 119 cm³/mol. The fourth-order valence-corrected chi connectivity index (χ4v) is 5.06. The van der Waals surface area contributed by atoms with Gasteiger partial charge in [-0.3, -0.25) is 28.9 Å². The molecule has 2 aliphatic heterocycles. The van der Waals surface area contributed by atoms with E-state index in [1.165, 1.54) is 22.7 Å². The molecule has 3 rings (SSSR count). The van der Waals surface area contributed by atoms with E-state index in [-0.39, 0.29) is 48.7 Å². The summed E-state index contributed by atoms with van der Waals surface area (Å²) in [7, 11) is 0. The van der Waals surface area contributed by atoms with E-state index < -0.39 is 29.0 Å². The fraction of sp³-hybridized carbons (Fsp3) is 0.652. The Morgan fingerprint density at radius 1 is 1.06 bits per heavy atom. The number of amides is 4. The number of carbonyl (C=O) groups excluding carboxylic acids is 6. The van der Waals surface area contributed by atoms with Gasteiger partial charge in [0.05, 0.1) is 11.2 Å². The molecule has 0 radical (unpaired) electrons. The Hall–Kier alpha value is -2.49. The van der Waals surface area contributed by atoms with Crippen LogP contribution in [0.4, 0.5) is 0 Å². The number of hydrogen-bond donors (Lipinski definition) is 0. The summed E-state index contributed by atoms with van der Waals surface area (Å²) in [4.78, 5) is 78.9. The first-order valence-electron chi connectivity index (χ1n) is 11.5. The second-order valence-corrected chi connectivity index (χ2v) is 10.0. The molecule has 2 atom stereocenters. The summed E-state index contributed by atoms with van der Waals surface area (Å²) in [5.74, 6) is -2.42. The van der Waals surface area contributed by atoms with E-state index in [4.69, 9.17) is 4.84 Å². The summed E-state index contributed by atoms with van der Waals surface area (Å²) < 4.78 is 0. The number of hydrogen-bond acceptors (Lipinski definition) is 8. The van der Waals surface area contributed by atoms with E-state index in [2.05, 4.69) is 0 Å². The summed E-state index contributed by atoms with van der Waals surface area (Å²) in [5, 5.41) is 1.67. The summed E-state index contributed by atoms with van der Waals surface area (Å²) in [6.45, 7) is 4.10. The molecule has 2 unspecified atom stereocenters. The smallest absolute Gasteiger partial charge is 0.330 e. The molecule has 180 valence electrons. The van der Waals surface area contributed by atoms with Crippen molar-refractivity contribution in [3.8, 4) is 0 Å². The molecule has 0 aromatic rings. The average molecular weight is 479 g/mol. The molecule has 0 N–H and O–H groups in total. The molecule has 1 aliphatic carbocycles. The van der Waals surface area contributed by atoms with Gasteiger partial charge in [0.1, 0.15) is 0 Å². The molecular formula is C23H30N2O7S. The van der Waals surface area contributed by atoms with Crippen molar-refractivity contribution in [2.75, 3.05) is 6.54 Å². The zero-order chi connectivity index (χ0) is 24.1. The van der Waals surface area contributed by atoms with Gasteiger partial charge < -0.3 is 4.84 Å². The van der Waals surface area contributed by atoms with E-state index in [9.17, 15) is 28.8 Å². The van der Waals surface area contributed by atoms with Gasteiger partial charge in [0.2, 0.25) is 11.8 Å². The molecule has 0 spiro atoms. The summed E-state index contributed by atoms with van der Waals surface area (Å²) >= 11 is 1.20. The Morgan fingerprint density at radius 2 is 1.70 bits per heavy atom. The van der Waals surface area contributed by atoms with Crippen LogP contribution in [0.5, 0.6) is 0 Å². The number of ketones is 1. The van der Waals surface area contributed by atoms with Crippen molar-refractivity contribution in [2.24, 2.45) is 17.8 Å². The summed E-state index contributed by atoms with van der Waals surface area (Å²) in [6.07, 6.45) is 4.74. The van der Waals surface area contributed by atoms with E-state index in [1.807, 2.05) is 13.8 Å². The van der Waals surface area contributed by atoms with Crippen molar-refractivity contribution in [1.82, 2.24) is 9.96 Å². The number of hydroxylamine groups is 2. The van der Waals surface area contributed by atoms with E-state index in [0.717, 1.165) is 6.42 Å². The third kappa shape index (κ3) is 6.10. The van der Waals surface area contributed by atoms with Crippen molar-refractivity contribution in [3.05, 3.63) is 11.5 Å². The zero-order valence-electron chi connectivity index (χ0n) is 19.0. The normalized spacial score (nSPS) is 27.0. The lowest BCUT2D eigenvalue weighted by Gasteiger charge is -2.30. The maximum atomic E-state index is 12.7. The number of imide groups is 2. The molecule has 2 saturated heterocycles. The van der Waals surface area contributed by atoms with Crippen LogP contribution < -0.4 is 0 Å². The molecule has 9 nitrogen and oxygen atoms in total. The molecule has 3 fully saturated rings. The summed E-state index contributed by atoms with van der Waals surface area (Å²) in [6, 6.07) is 0. The topological polar surface area (TPSA) is 118 Å². The first-order valence-corrected chi connectivity index (χ1v) is 12.4. The van der Waals surface area contributed by atoms with Gasteiger partial charge in [-0.2, -0.15) is 0 Å². The Bertz CT molecular complexity index is 847. The third-order valence-electron chi connectivity index (χ3n) is 6.58. The monoisotopic (exact) mass is 478 g/mol. The average Bonchev–Trinajstić information content (AvgIpc) is 3.26. The van der Waals surface area contributed by atoms with Crippen LogP contribution in [-0.2, 0) is 33.6 Å². The lowest BCUT2D eigenvalue weighted by Crippen LogP contribution is -2.39. The first kappa shape index (κ1) is 25.1. The quantitative estimate of drug-likeness (QED) is 0.366. The predicted octanol–water partition coefficient (Wildman–Crippen LogP) is 2.39. The maximum absolute atomic E-state index is 12.7. The van der Waals surface area contributed by atoms with Gasteiger partial charge in [0.25, 0.3) is 11.8 Å². The third-order valence-corrected chi connectivity index (χ3v) is 7.57. The lowest BCUT2D eigenvalue weighted by atomic mass is 9.82. The SMILES string of the molecule is CCC(C)C(=O)/C=C/SC1CC(=O)N(CC2CCC(C(=O)ON3C(=O)CCC3=O)CC2)C1=O. The molecule has 0 aromatic carbocycles.